The Morgan fingerprint density at radius 3 is 2.33 bits per heavy atom. The summed E-state index contributed by atoms with van der Waals surface area (Å²) >= 11 is 0. The Bertz CT molecular complexity index is 769. The van der Waals surface area contributed by atoms with Gasteiger partial charge in [-0.05, 0) is 36.6 Å². The Labute approximate surface area is 142 Å². The van der Waals surface area contributed by atoms with E-state index in [1.165, 1.54) is 6.07 Å². The van der Waals surface area contributed by atoms with Gasteiger partial charge in [0.25, 0.3) is 0 Å². The van der Waals surface area contributed by atoms with Crippen molar-refractivity contribution < 1.29 is 22.8 Å². The predicted molar refractivity (Wildman–Crippen MR) is 92.3 cm³/mol. The number of aryl methyl sites for hydroxylation is 1. The molecule has 0 atom stereocenters. The molecule has 0 aliphatic heterocycles. The highest BCUT2D eigenvalue weighted by molar-refractivity contribution is 7.86. The first-order chi connectivity index (χ1) is 11.4. The van der Waals surface area contributed by atoms with Crippen molar-refractivity contribution in [3.63, 3.8) is 0 Å². The van der Waals surface area contributed by atoms with Crippen molar-refractivity contribution in [3.05, 3.63) is 48.0 Å². The molecule has 0 radical (unpaired) electrons. The second-order valence-electron chi connectivity index (χ2n) is 5.60. The summed E-state index contributed by atoms with van der Waals surface area (Å²) in [4.78, 5) is -0.584. The van der Waals surface area contributed by atoms with Gasteiger partial charge in [0.05, 0.1) is 0 Å². The standard InChI is InChI=1S/C18H22O5S/c1-2-3-4-6-9-14-12-13-16(19)18(24(20,21)22)17(14)23-15-10-7-5-8-11-15/h5,7-8,10-13,19H,2-4,6,9H2,1H3,(H,20,21,22). The molecular formula is C18H22O5S. The lowest BCUT2D eigenvalue weighted by molar-refractivity contribution is 0.411. The monoisotopic (exact) mass is 350 g/mol. The van der Waals surface area contributed by atoms with Crippen LogP contribution in [0.1, 0.15) is 38.2 Å². The molecule has 0 aliphatic rings. The molecule has 0 spiro atoms. The van der Waals surface area contributed by atoms with Crippen LogP contribution in [-0.4, -0.2) is 18.1 Å². The summed E-state index contributed by atoms with van der Waals surface area (Å²) in [5, 5.41) is 9.92. The third-order valence-corrected chi connectivity index (χ3v) is 4.60. The second-order valence-corrected chi connectivity index (χ2v) is 6.96. The Balaban J connectivity index is 2.42. The predicted octanol–water partition coefficient (Wildman–Crippen LogP) is 4.55. The van der Waals surface area contributed by atoms with E-state index in [-0.39, 0.29) is 5.75 Å². The van der Waals surface area contributed by atoms with Gasteiger partial charge in [0.15, 0.2) is 10.6 Å². The molecule has 2 rings (SSSR count). The van der Waals surface area contributed by atoms with Gasteiger partial charge in [-0.3, -0.25) is 4.55 Å². The summed E-state index contributed by atoms with van der Waals surface area (Å²) < 4.78 is 38.6. The Hall–Kier alpha value is -2.05. The number of unbranched alkanes of at least 4 members (excludes halogenated alkanes) is 3. The molecule has 6 heteroatoms. The van der Waals surface area contributed by atoms with E-state index in [2.05, 4.69) is 6.92 Å². The summed E-state index contributed by atoms with van der Waals surface area (Å²) in [6.45, 7) is 2.11. The molecule has 0 aromatic heterocycles. The summed E-state index contributed by atoms with van der Waals surface area (Å²) in [6, 6.07) is 11.6. The van der Waals surface area contributed by atoms with Crippen LogP contribution in [0, 0.1) is 0 Å². The largest absolute Gasteiger partial charge is 0.506 e. The Morgan fingerprint density at radius 1 is 1.00 bits per heavy atom. The quantitative estimate of drug-likeness (QED) is 0.539. The first kappa shape index (κ1) is 18.3. The maximum atomic E-state index is 11.7. The zero-order valence-corrected chi connectivity index (χ0v) is 14.4. The van der Waals surface area contributed by atoms with Crippen molar-refractivity contribution in [1.82, 2.24) is 0 Å². The van der Waals surface area contributed by atoms with Crippen LogP contribution in [0.25, 0.3) is 0 Å². The van der Waals surface area contributed by atoms with Gasteiger partial charge in [-0.15, -0.1) is 0 Å². The normalized spacial score (nSPS) is 11.4. The van der Waals surface area contributed by atoms with Gasteiger partial charge in [0, 0.05) is 0 Å². The molecule has 0 heterocycles. The molecule has 0 bridgehead atoms. The van der Waals surface area contributed by atoms with Crippen LogP contribution in [0.3, 0.4) is 0 Å². The number of phenols is 1. The summed E-state index contributed by atoms with van der Waals surface area (Å²) in [6.07, 6.45) is 4.68. The number of benzene rings is 2. The van der Waals surface area contributed by atoms with E-state index >= 15 is 0 Å². The molecule has 0 fully saturated rings. The lowest BCUT2D eigenvalue weighted by Gasteiger charge is -2.15. The average molecular weight is 350 g/mol. The van der Waals surface area contributed by atoms with E-state index in [9.17, 15) is 18.1 Å². The molecule has 2 aromatic carbocycles. The second kappa shape index (κ2) is 8.17. The topological polar surface area (TPSA) is 83.8 Å². The third-order valence-electron chi connectivity index (χ3n) is 3.69. The van der Waals surface area contributed by atoms with Gasteiger partial charge in [0.2, 0.25) is 0 Å². The van der Waals surface area contributed by atoms with Gasteiger partial charge in [-0.1, -0.05) is 50.5 Å². The van der Waals surface area contributed by atoms with Crippen LogP contribution in [0.2, 0.25) is 0 Å². The van der Waals surface area contributed by atoms with E-state index in [0.717, 1.165) is 25.7 Å². The molecule has 0 saturated carbocycles. The number of ether oxygens (including phenoxy) is 1. The fourth-order valence-electron chi connectivity index (χ4n) is 2.50. The highest BCUT2D eigenvalue weighted by Crippen LogP contribution is 2.39. The van der Waals surface area contributed by atoms with Crippen LogP contribution in [0.4, 0.5) is 0 Å². The smallest absolute Gasteiger partial charge is 0.301 e. The Morgan fingerprint density at radius 2 is 1.71 bits per heavy atom. The molecular weight excluding hydrogens is 328 g/mol. The van der Waals surface area contributed by atoms with Crippen LogP contribution in [0.5, 0.6) is 17.2 Å². The number of hydrogen-bond donors (Lipinski definition) is 2. The molecule has 0 aliphatic carbocycles. The van der Waals surface area contributed by atoms with E-state index in [1.807, 2.05) is 6.07 Å². The minimum absolute atomic E-state index is 0.0137. The van der Waals surface area contributed by atoms with Gasteiger partial charge in [-0.25, -0.2) is 0 Å². The average Bonchev–Trinajstić information content (AvgIpc) is 2.53. The van der Waals surface area contributed by atoms with E-state index in [4.69, 9.17) is 4.74 Å². The molecule has 0 amide bonds. The third kappa shape index (κ3) is 4.72. The zero-order chi connectivity index (χ0) is 17.6. The van der Waals surface area contributed by atoms with Crippen molar-refractivity contribution in [2.24, 2.45) is 0 Å². The highest BCUT2D eigenvalue weighted by Gasteiger charge is 2.25. The SMILES string of the molecule is CCCCCCc1ccc(O)c(S(=O)(=O)O)c1Oc1ccccc1. The van der Waals surface area contributed by atoms with Crippen molar-refractivity contribution in [2.75, 3.05) is 0 Å². The molecule has 130 valence electrons. The van der Waals surface area contributed by atoms with Crippen molar-refractivity contribution in [3.8, 4) is 17.2 Å². The van der Waals surface area contributed by atoms with Crippen molar-refractivity contribution in [2.45, 2.75) is 43.9 Å². The minimum atomic E-state index is -4.62. The number of aromatic hydroxyl groups is 1. The number of para-hydroxylation sites is 1. The maximum Gasteiger partial charge on any atom is 0.301 e. The number of hydrogen-bond acceptors (Lipinski definition) is 4. The van der Waals surface area contributed by atoms with Crippen LogP contribution in [0.15, 0.2) is 47.4 Å². The van der Waals surface area contributed by atoms with Crippen LogP contribution < -0.4 is 4.74 Å². The maximum absolute atomic E-state index is 11.7. The molecule has 24 heavy (non-hydrogen) atoms. The molecule has 2 aromatic rings. The van der Waals surface area contributed by atoms with Crippen molar-refractivity contribution >= 4 is 10.1 Å². The molecule has 0 unspecified atom stereocenters. The molecule has 0 saturated heterocycles. The lowest BCUT2D eigenvalue weighted by atomic mass is 10.0. The zero-order valence-electron chi connectivity index (χ0n) is 13.6. The molecule has 2 N–H and O–H groups in total. The van der Waals surface area contributed by atoms with E-state index in [0.29, 0.717) is 17.7 Å². The first-order valence-electron chi connectivity index (χ1n) is 7.98. The van der Waals surface area contributed by atoms with Gasteiger partial charge in [-0.2, -0.15) is 8.42 Å². The van der Waals surface area contributed by atoms with Crippen molar-refractivity contribution in [1.29, 1.82) is 0 Å². The summed E-state index contributed by atoms with van der Waals surface area (Å²) in [5.74, 6) is -0.108. The van der Waals surface area contributed by atoms with Gasteiger partial charge >= 0.3 is 10.1 Å². The fraction of sp³-hybridized carbons (Fsp3) is 0.333. The summed E-state index contributed by atoms with van der Waals surface area (Å²) in [7, 11) is -4.62. The van der Waals surface area contributed by atoms with E-state index < -0.39 is 20.8 Å². The van der Waals surface area contributed by atoms with E-state index in [1.54, 1.807) is 30.3 Å². The number of phenolic OH excluding ortho intramolecular Hbond substituents is 1. The fourth-order valence-corrected chi connectivity index (χ4v) is 3.24. The molecule has 5 nitrogen and oxygen atoms in total. The summed E-state index contributed by atoms with van der Waals surface area (Å²) in [5.41, 5.74) is 0.639. The van der Waals surface area contributed by atoms with Crippen LogP contribution >= 0.6 is 0 Å². The number of rotatable bonds is 8. The van der Waals surface area contributed by atoms with Gasteiger partial charge in [0.1, 0.15) is 11.5 Å². The van der Waals surface area contributed by atoms with Gasteiger partial charge < -0.3 is 9.84 Å². The van der Waals surface area contributed by atoms with Crippen LogP contribution in [-0.2, 0) is 16.5 Å². The first-order valence-corrected chi connectivity index (χ1v) is 9.42. The highest BCUT2D eigenvalue weighted by atomic mass is 32.2. The lowest BCUT2D eigenvalue weighted by Crippen LogP contribution is -2.04. The minimum Gasteiger partial charge on any atom is -0.506 e. The Kier molecular flexibility index (Phi) is 6.23.